The van der Waals surface area contributed by atoms with Crippen LogP contribution in [0.2, 0.25) is 0 Å². The molecule has 1 aliphatic rings. The largest absolute Gasteiger partial charge is 0.416 e. The van der Waals surface area contributed by atoms with E-state index in [1.807, 2.05) is 19.2 Å². The van der Waals surface area contributed by atoms with E-state index in [-0.39, 0.29) is 6.04 Å². The summed E-state index contributed by atoms with van der Waals surface area (Å²) in [6, 6.07) is 17.9. The van der Waals surface area contributed by atoms with E-state index in [2.05, 4.69) is 63.2 Å². The van der Waals surface area contributed by atoms with Gasteiger partial charge in [0.05, 0.1) is 11.3 Å². The number of nitrogens with one attached hydrogen (secondary N) is 1. The van der Waals surface area contributed by atoms with E-state index < -0.39 is 11.7 Å². The number of piperidine rings is 1. The molecule has 41 heavy (non-hydrogen) atoms. The average molecular weight is 561 g/mol. The number of pyridine rings is 1. The van der Waals surface area contributed by atoms with E-state index in [4.69, 9.17) is 4.98 Å². The third-order valence-electron chi connectivity index (χ3n) is 7.68. The number of likely N-dealkylation sites (tertiary alicyclic amines) is 1. The van der Waals surface area contributed by atoms with Gasteiger partial charge in [0.1, 0.15) is 0 Å². The van der Waals surface area contributed by atoms with Crippen molar-refractivity contribution in [3.05, 3.63) is 95.9 Å². The maximum atomic E-state index is 13.1. The zero-order valence-corrected chi connectivity index (χ0v) is 23.6. The average Bonchev–Trinajstić information content (AvgIpc) is 2.98. The molecule has 2 aromatic heterocycles. The molecule has 0 atom stereocenters. The summed E-state index contributed by atoms with van der Waals surface area (Å²) in [5.41, 5.74) is 4.74. The number of aryl methyl sites for hydroxylation is 1. The second kappa shape index (κ2) is 12.3. The van der Waals surface area contributed by atoms with Crippen LogP contribution in [0.4, 0.5) is 30.5 Å². The molecule has 214 valence electrons. The molecule has 0 radical (unpaired) electrons. The second-order valence-electron chi connectivity index (χ2n) is 10.8. The van der Waals surface area contributed by atoms with Crippen molar-refractivity contribution in [1.29, 1.82) is 0 Å². The molecule has 0 unspecified atom stereocenters. The van der Waals surface area contributed by atoms with Gasteiger partial charge in [-0.2, -0.15) is 13.2 Å². The van der Waals surface area contributed by atoms with Gasteiger partial charge in [-0.15, -0.1) is 0 Å². The highest BCUT2D eigenvalue weighted by Crippen LogP contribution is 2.32. The van der Waals surface area contributed by atoms with Crippen LogP contribution in [0, 0.1) is 6.92 Å². The van der Waals surface area contributed by atoms with Gasteiger partial charge in [-0.3, -0.25) is 4.98 Å². The number of benzene rings is 2. The number of nitrogens with zero attached hydrogens (tertiary/aromatic N) is 5. The van der Waals surface area contributed by atoms with Crippen molar-refractivity contribution in [3.8, 4) is 11.3 Å². The molecule has 0 spiro atoms. The quantitative estimate of drug-likeness (QED) is 0.241. The topological polar surface area (TPSA) is 57.2 Å². The summed E-state index contributed by atoms with van der Waals surface area (Å²) in [5, 5.41) is 3.45. The molecule has 0 amide bonds. The molecule has 4 aromatic rings. The first-order chi connectivity index (χ1) is 19.7. The van der Waals surface area contributed by atoms with Crippen molar-refractivity contribution >= 4 is 17.3 Å². The van der Waals surface area contributed by atoms with Gasteiger partial charge in [0.15, 0.2) is 0 Å². The Bertz CT molecular complexity index is 1430. The predicted molar refractivity (Wildman–Crippen MR) is 157 cm³/mol. The molecule has 3 heterocycles. The molecule has 0 saturated carbocycles. The summed E-state index contributed by atoms with van der Waals surface area (Å²) in [6.45, 7) is 9.06. The molecule has 0 aliphatic carbocycles. The van der Waals surface area contributed by atoms with Crippen molar-refractivity contribution in [2.75, 3.05) is 23.3 Å². The van der Waals surface area contributed by atoms with E-state index in [1.165, 1.54) is 12.1 Å². The van der Waals surface area contributed by atoms with Gasteiger partial charge in [0.2, 0.25) is 5.95 Å². The minimum atomic E-state index is -4.38. The lowest BCUT2D eigenvalue weighted by Crippen LogP contribution is -2.47. The van der Waals surface area contributed by atoms with E-state index in [9.17, 15) is 13.2 Å². The molecule has 0 bridgehead atoms. The SMILES string of the molecule is Cc1cnccc1Nc1ccc(CN(c2nccc(-c3ccc(C(F)(F)F)cc3)n2)C2CCN(C(C)C)CC2)cc1. The Balaban J connectivity index is 1.39. The first kappa shape index (κ1) is 28.5. The molecule has 1 N–H and O–H groups in total. The summed E-state index contributed by atoms with van der Waals surface area (Å²) in [4.78, 5) is 18.4. The summed E-state index contributed by atoms with van der Waals surface area (Å²) in [7, 11) is 0. The van der Waals surface area contributed by atoms with Crippen molar-refractivity contribution in [1.82, 2.24) is 19.9 Å². The molecule has 1 fully saturated rings. The zero-order chi connectivity index (χ0) is 29.0. The molecular weight excluding hydrogens is 525 g/mol. The van der Waals surface area contributed by atoms with Crippen LogP contribution in [0.3, 0.4) is 0 Å². The van der Waals surface area contributed by atoms with Crippen LogP contribution in [0.25, 0.3) is 11.3 Å². The minimum Gasteiger partial charge on any atom is -0.355 e. The number of hydrogen-bond acceptors (Lipinski definition) is 6. The number of anilines is 3. The molecule has 5 rings (SSSR count). The predicted octanol–water partition coefficient (Wildman–Crippen LogP) is 7.49. The van der Waals surface area contributed by atoms with Crippen LogP contribution in [-0.2, 0) is 12.7 Å². The van der Waals surface area contributed by atoms with Gasteiger partial charge in [-0.25, -0.2) is 9.97 Å². The number of halogens is 3. The molecule has 1 aliphatic heterocycles. The van der Waals surface area contributed by atoms with Gasteiger partial charge in [0, 0.05) is 67.2 Å². The minimum absolute atomic E-state index is 0.241. The Morgan fingerprint density at radius 3 is 2.29 bits per heavy atom. The number of hydrogen-bond donors (Lipinski definition) is 1. The number of alkyl halides is 3. The third kappa shape index (κ3) is 7.03. The smallest absolute Gasteiger partial charge is 0.355 e. The Hall–Kier alpha value is -3.98. The van der Waals surface area contributed by atoms with Gasteiger partial charge in [0.25, 0.3) is 0 Å². The molecule has 6 nitrogen and oxygen atoms in total. The fourth-order valence-electron chi connectivity index (χ4n) is 5.21. The standard InChI is InChI=1S/C32H35F3N6/c1-22(2)40-18-14-28(15-19-40)41(21-24-4-10-27(11-5-24)38-29-12-16-36-20-23(29)3)31-37-17-13-30(39-31)25-6-8-26(9-7-25)32(33,34)35/h4-13,16-17,20,22,28H,14-15,18-19,21H2,1-3H3,(H,36,38). The van der Waals surface area contributed by atoms with Crippen LogP contribution in [0.5, 0.6) is 0 Å². The summed E-state index contributed by atoms with van der Waals surface area (Å²) in [5.74, 6) is 0.583. The van der Waals surface area contributed by atoms with Gasteiger partial charge >= 0.3 is 6.18 Å². The lowest BCUT2D eigenvalue weighted by atomic mass is 10.0. The van der Waals surface area contributed by atoms with Crippen molar-refractivity contribution in [3.63, 3.8) is 0 Å². The number of aromatic nitrogens is 3. The van der Waals surface area contributed by atoms with Crippen molar-refractivity contribution < 1.29 is 13.2 Å². The van der Waals surface area contributed by atoms with E-state index in [1.54, 1.807) is 18.5 Å². The Kier molecular flexibility index (Phi) is 8.54. The van der Waals surface area contributed by atoms with Crippen molar-refractivity contribution in [2.45, 2.75) is 58.4 Å². The fraction of sp³-hybridized carbons (Fsp3) is 0.344. The first-order valence-electron chi connectivity index (χ1n) is 14.0. The molecule has 2 aromatic carbocycles. The van der Waals surface area contributed by atoms with Crippen LogP contribution >= 0.6 is 0 Å². The van der Waals surface area contributed by atoms with Crippen LogP contribution in [0.1, 0.15) is 43.4 Å². The highest BCUT2D eigenvalue weighted by Gasteiger charge is 2.30. The monoisotopic (exact) mass is 560 g/mol. The highest BCUT2D eigenvalue weighted by molar-refractivity contribution is 5.63. The van der Waals surface area contributed by atoms with Gasteiger partial charge in [-0.05, 0) is 81.1 Å². The number of rotatable bonds is 8. The maximum Gasteiger partial charge on any atom is 0.416 e. The van der Waals surface area contributed by atoms with E-state index in [0.29, 0.717) is 29.8 Å². The summed E-state index contributed by atoms with van der Waals surface area (Å²) in [6.07, 6.45) is 2.87. The Morgan fingerprint density at radius 2 is 1.66 bits per heavy atom. The van der Waals surface area contributed by atoms with Crippen molar-refractivity contribution in [2.24, 2.45) is 0 Å². The fourth-order valence-corrected chi connectivity index (χ4v) is 5.21. The first-order valence-corrected chi connectivity index (χ1v) is 14.0. The van der Waals surface area contributed by atoms with Gasteiger partial charge < -0.3 is 15.1 Å². The van der Waals surface area contributed by atoms with Crippen LogP contribution < -0.4 is 10.2 Å². The van der Waals surface area contributed by atoms with Gasteiger partial charge in [-0.1, -0.05) is 24.3 Å². The molecule has 1 saturated heterocycles. The Labute approximate surface area is 239 Å². The lowest BCUT2D eigenvalue weighted by molar-refractivity contribution is -0.137. The zero-order valence-electron chi connectivity index (χ0n) is 23.6. The highest BCUT2D eigenvalue weighted by atomic mass is 19.4. The Morgan fingerprint density at radius 1 is 0.951 bits per heavy atom. The normalized spacial score (nSPS) is 14.8. The molecule has 9 heteroatoms. The van der Waals surface area contributed by atoms with E-state index in [0.717, 1.165) is 60.6 Å². The van der Waals surface area contributed by atoms with Crippen LogP contribution in [-0.4, -0.2) is 45.0 Å². The van der Waals surface area contributed by atoms with Crippen LogP contribution in [0.15, 0.2) is 79.3 Å². The molecular formula is C32H35F3N6. The summed E-state index contributed by atoms with van der Waals surface area (Å²) >= 11 is 0. The lowest BCUT2D eigenvalue weighted by Gasteiger charge is -2.40. The summed E-state index contributed by atoms with van der Waals surface area (Å²) < 4.78 is 39.3. The maximum absolute atomic E-state index is 13.1. The van der Waals surface area contributed by atoms with E-state index >= 15 is 0 Å². The second-order valence-corrected chi connectivity index (χ2v) is 10.8. The third-order valence-corrected chi connectivity index (χ3v) is 7.68.